The summed E-state index contributed by atoms with van der Waals surface area (Å²) in [7, 11) is 0. The second-order valence-corrected chi connectivity index (χ2v) is 4.28. The largest absolute Gasteiger partial charge is 0.506 e. The Morgan fingerprint density at radius 1 is 1.24 bits per heavy atom. The van der Waals surface area contributed by atoms with Gasteiger partial charge in [0.25, 0.3) is 0 Å². The topological polar surface area (TPSA) is 32.7 Å². The molecule has 3 nitrogen and oxygen atoms in total. The van der Waals surface area contributed by atoms with Crippen LogP contribution in [0.15, 0.2) is 53.9 Å². The van der Waals surface area contributed by atoms with E-state index >= 15 is 0 Å². The van der Waals surface area contributed by atoms with Gasteiger partial charge in [0, 0.05) is 13.1 Å². The summed E-state index contributed by atoms with van der Waals surface area (Å²) in [5, 5.41) is 10.0. The van der Waals surface area contributed by atoms with Crippen LogP contribution in [0.5, 0.6) is 0 Å². The number of aliphatic hydroxyl groups excluding tert-OH is 1. The van der Waals surface area contributed by atoms with Gasteiger partial charge in [0.2, 0.25) is 0 Å². The molecule has 88 valence electrons. The number of benzene rings is 1. The van der Waals surface area contributed by atoms with Crippen molar-refractivity contribution in [3.05, 3.63) is 59.5 Å². The van der Waals surface area contributed by atoms with Gasteiger partial charge < -0.3 is 14.7 Å². The Bertz CT molecular complexity index is 464. The molecule has 0 amide bonds. The maximum atomic E-state index is 10.0. The van der Waals surface area contributed by atoms with Gasteiger partial charge >= 0.3 is 0 Å². The van der Waals surface area contributed by atoms with Crippen molar-refractivity contribution in [3.63, 3.8) is 0 Å². The van der Waals surface area contributed by atoms with Crippen LogP contribution >= 0.6 is 0 Å². The average molecular weight is 229 g/mol. The summed E-state index contributed by atoms with van der Waals surface area (Å²) in [6.45, 7) is 2.39. The van der Waals surface area contributed by atoms with E-state index in [4.69, 9.17) is 4.74 Å². The summed E-state index contributed by atoms with van der Waals surface area (Å²) in [5.74, 6) is 0.324. The van der Waals surface area contributed by atoms with Gasteiger partial charge in [-0.2, -0.15) is 0 Å². The predicted octanol–water partition coefficient (Wildman–Crippen LogP) is 2.40. The lowest BCUT2D eigenvalue weighted by atomic mass is 10.0. The molecule has 1 unspecified atom stereocenters. The molecule has 0 radical (unpaired) electrons. The molecule has 0 aliphatic carbocycles. The summed E-state index contributed by atoms with van der Waals surface area (Å²) in [6.07, 6.45) is 3.60. The molecule has 1 saturated heterocycles. The monoisotopic (exact) mass is 229 g/mol. The van der Waals surface area contributed by atoms with Crippen molar-refractivity contribution >= 4 is 0 Å². The van der Waals surface area contributed by atoms with E-state index < -0.39 is 0 Å². The third kappa shape index (κ3) is 1.83. The molecule has 1 aromatic rings. The first-order valence-corrected chi connectivity index (χ1v) is 5.87. The third-order valence-corrected chi connectivity index (χ3v) is 3.20. The number of rotatable bonds is 1. The summed E-state index contributed by atoms with van der Waals surface area (Å²) < 4.78 is 5.81. The zero-order chi connectivity index (χ0) is 11.7. The minimum Gasteiger partial charge on any atom is -0.506 e. The molecule has 0 saturated carbocycles. The summed E-state index contributed by atoms with van der Waals surface area (Å²) in [4.78, 5) is 2.18. The van der Waals surface area contributed by atoms with E-state index in [-0.39, 0.29) is 6.10 Å². The first kappa shape index (κ1) is 10.4. The molecule has 2 aliphatic rings. The first-order chi connectivity index (χ1) is 8.36. The van der Waals surface area contributed by atoms with Gasteiger partial charge in [-0.3, -0.25) is 0 Å². The van der Waals surface area contributed by atoms with Crippen molar-refractivity contribution in [2.45, 2.75) is 6.10 Å². The normalized spacial score (nSPS) is 23.8. The Morgan fingerprint density at radius 2 is 2.06 bits per heavy atom. The van der Waals surface area contributed by atoms with E-state index in [1.165, 1.54) is 0 Å². The number of hydrogen-bond acceptors (Lipinski definition) is 3. The standard InChI is InChI=1S/C14H15NO2/c16-12-7-4-8-15-9-10-17-14(13(12)15)11-5-2-1-3-6-11/h1-7,14,16H,8-10H2. The number of morpholine rings is 1. The molecule has 0 aromatic heterocycles. The second-order valence-electron chi connectivity index (χ2n) is 4.28. The fraction of sp³-hybridized carbons (Fsp3) is 0.286. The number of fused-ring (bicyclic) bond motifs is 1. The van der Waals surface area contributed by atoms with Crippen LogP contribution in [0, 0.1) is 0 Å². The molecule has 1 aromatic carbocycles. The lowest BCUT2D eigenvalue weighted by Crippen LogP contribution is -2.38. The van der Waals surface area contributed by atoms with Gasteiger partial charge in [0.15, 0.2) is 0 Å². The Hall–Kier alpha value is -1.74. The lowest BCUT2D eigenvalue weighted by Gasteiger charge is -2.38. The van der Waals surface area contributed by atoms with Crippen LogP contribution < -0.4 is 0 Å². The molecule has 0 bridgehead atoms. The zero-order valence-electron chi connectivity index (χ0n) is 9.54. The van der Waals surface area contributed by atoms with Gasteiger partial charge in [-0.25, -0.2) is 0 Å². The Balaban J connectivity index is 2.01. The molecular weight excluding hydrogens is 214 g/mol. The van der Waals surface area contributed by atoms with Crippen LogP contribution in [0.25, 0.3) is 0 Å². The number of aliphatic hydroxyl groups is 1. The molecule has 0 spiro atoms. The molecule has 2 heterocycles. The van der Waals surface area contributed by atoms with Gasteiger partial charge in [-0.05, 0) is 11.6 Å². The smallest absolute Gasteiger partial charge is 0.137 e. The average Bonchev–Trinajstić information content (AvgIpc) is 2.39. The van der Waals surface area contributed by atoms with Crippen LogP contribution in [0.4, 0.5) is 0 Å². The number of nitrogens with zero attached hydrogens (tertiary/aromatic N) is 1. The van der Waals surface area contributed by atoms with Crippen molar-refractivity contribution in [1.29, 1.82) is 0 Å². The predicted molar refractivity (Wildman–Crippen MR) is 65.5 cm³/mol. The quantitative estimate of drug-likeness (QED) is 0.802. The van der Waals surface area contributed by atoms with Crippen LogP contribution in [0.1, 0.15) is 11.7 Å². The molecule has 3 rings (SSSR count). The summed E-state index contributed by atoms with van der Waals surface area (Å²) in [5.41, 5.74) is 1.99. The SMILES string of the molecule is OC1=C2C(c3ccccc3)OCCN2CC=C1. The lowest BCUT2D eigenvalue weighted by molar-refractivity contribution is 0.00392. The Labute approximate surface area is 101 Å². The highest BCUT2D eigenvalue weighted by atomic mass is 16.5. The maximum Gasteiger partial charge on any atom is 0.137 e. The third-order valence-electron chi connectivity index (χ3n) is 3.20. The molecule has 3 heteroatoms. The maximum absolute atomic E-state index is 10.0. The minimum absolute atomic E-state index is 0.144. The van der Waals surface area contributed by atoms with Crippen LogP contribution in [-0.4, -0.2) is 29.7 Å². The van der Waals surface area contributed by atoms with Gasteiger partial charge in [0.05, 0.1) is 12.3 Å². The van der Waals surface area contributed by atoms with Crippen molar-refractivity contribution in [1.82, 2.24) is 4.90 Å². The van der Waals surface area contributed by atoms with E-state index in [1.807, 2.05) is 36.4 Å². The number of ether oxygens (including phenoxy) is 1. The van der Waals surface area contributed by atoms with Crippen molar-refractivity contribution in [3.8, 4) is 0 Å². The molecule has 17 heavy (non-hydrogen) atoms. The fourth-order valence-electron chi connectivity index (χ4n) is 2.39. The molecule has 2 aliphatic heterocycles. The van der Waals surface area contributed by atoms with E-state index in [9.17, 15) is 5.11 Å². The van der Waals surface area contributed by atoms with E-state index in [0.717, 1.165) is 24.4 Å². The minimum atomic E-state index is -0.144. The molecular formula is C14H15NO2. The van der Waals surface area contributed by atoms with Crippen LogP contribution in [0.3, 0.4) is 0 Å². The van der Waals surface area contributed by atoms with Crippen molar-refractivity contribution in [2.75, 3.05) is 19.7 Å². The van der Waals surface area contributed by atoms with Crippen LogP contribution in [0.2, 0.25) is 0 Å². The molecule has 1 atom stereocenters. The van der Waals surface area contributed by atoms with E-state index in [0.29, 0.717) is 12.4 Å². The second kappa shape index (κ2) is 4.26. The zero-order valence-corrected chi connectivity index (χ0v) is 9.54. The van der Waals surface area contributed by atoms with Gasteiger partial charge in [-0.1, -0.05) is 36.4 Å². The van der Waals surface area contributed by atoms with Gasteiger partial charge in [-0.15, -0.1) is 0 Å². The Morgan fingerprint density at radius 3 is 2.88 bits per heavy atom. The van der Waals surface area contributed by atoms with E-state index in [1.54, 1.807) is 6.08 Å². The number of hydrogen-bond donors (Lipinski definition) is 1. The van der Waals surface area contributed by atoms with Gasteiger partial charge in [0.1, 0.15) is 11.9 Å². The fourth-order valence-corrected chi connectivity index (χ4v) is 2.39. The number of allylic oxidation sites excluding steroid dienone is 1. The van der Waals surface area contributed by atoms with Crippen LogP contribution in [-0.2, 0) is 4.74 Å². The van der Waals surface area contributed by atoms with E-state index in [2.05, 4.69) is 4.90 Å². The molecule has 1 N–H and O–H groups in total. The Kier molecular flexibility index (Phi) is 2.61. The van der Waals surface area contributed by atoms with Crippen molar-refractivity contribution in [2.24, 2.45) is 0 Å². The van der Waals surface area contributed by atoms with Crippen molar-refractivity contribution < 1.29 is 9.84 Å². The highest BCUT2D eigenvalue weighted by molar-refractivity contribution is 5.33. The first-order valence-electron chi connectivity index (χ1n) is 5.87. The summed E-state index contributed by atoms with van der Waals surface area (Å²) in [6, 6.07) is 10.0. The highest BCUT2D eigenvalue weighted by Gasteiger charge is 2.30. The highest BCUT2D eigenvalue weighted by Crippen LogP contribution is 2.34. The summed E-state index contributed by atoms with van der Waals surface area (Å²) >= 11 is 0. The molecule has 1 fully saturated rings.